The van der Waals surface area contributed by atoms with E-state index in [1.54, 1.807) is 18.5 Å². The predicted octanol–water partition coefficient (Wildman–Crippen LogP) is 0.708. The lowest BCUT2D eigenvalue weighted by Crippen LogP contribution is -2.09. The highest BCUT2D eigenvalue weighted by Gasteiger charge is 2.16. The molecule has 2 heterocycles. The van der Waals surface area contributed by atoms with Crippen LogP contribution in [-0.2, 0) is 6.54 Å². The molecule has 0 fully saturated rings. The molecule has 0 spiro atoms. The summed E-state index contributed by atoms with van der Waals surface area (Å²) in [5.74, 6) is 0.636. The zero-order valence-corrected chi connectivity index (χ0v) is 7.88. The predicted molar refractivity (Wildman–Crippen MR) is 50.6 cm³/mol. The maximum atomic E-state index is 9.93. The van der Waals surface area contributed by atoms with E-state index in [4.69, 9.17) is 0 Å². The number of hydrogen-bond acceptors (Lipinski definition) is 3. The van der Waals surface area contributed by atoms with Gasteiger partial charge < -0.3 is 9.67 Å². The summed E-state index contributed by atoms with van der Waals surface area (Å²) in [7, 11) is 0. The lowest BCUT2D eigenvalue weighted by atomic mass is 10.2. The lowest BCUT2D eigenvalue weighted by Gasteiger charge is -2.09. The molecule has 14 heavy (non-hydrogen) atoms. The highest BCUT2D eigenvalue weighted by molar-refractivity contribution is 5.13. The summed E-state index contributed by atoms with van der Waals surface area (Å²) in [6.07, 6.45) is 4.40. The van der Waals surface area contributed by atoms with Gasteiger partial charge in [0.2, 0.25) is 0 Å². The summed E-state index contributed by atoms with van der Waals surface area (Å²) in [6, 6.07) is 1.74. The van der Waals surface area contributed by atoms with Crippen molar-refractivity contribution in [2.24, 2.45) is 0 Å². The number of rotatable bonds is 3. The Kier molecular flexibility index (Phi) is 2.32. The number of aliphatic hydroxyl groups is 1. The molecule has 2 aromatic rings. The van der Waals surface area contributed by atoms with Crippen LogP contribution in [0.25, 0.3) is 0 Å². The fraction of sp³-hybridized carbons (Fsp3) is 0.333. The van der Waals surface area contributed by atoms with Crippen LogP contribution in [0.3, 0.4) is 0 Å². The summed E-state index contributed by atoms with van der Waals surface area (Å²) in [4.78, 5) is 4.11. The Labute approximate surface area is 81.4 Å². The monoisotopic (exact) mass is 192 g/mol. The summed E-state index contributed by atoms with van der Waals surface area (Å²) >= 11 is 0. The van der Waals surface area contributed by atoms with Gasteiger partial charge in [-0.2, -0.15) is 5.10 Å². The number of aromatic nitrogens is 4. The van der Waals surface area contributed by atoms with Crippen LogP contribution in [0.1, 0.15) is 24.5 Å². The quantitative estimate of drug-likeness (QED) is 0.752. The molecule has 0 amide bonds. The largest absolute Gasteiger partial charge is 0.379 e. The van der Waals surface area contributed by atoms with E-state index in [-0.39, 0.29) is 0 Å². The van der Waals surface area contributed by atoms with Crippen molar-refractivity contribution in [2.45, 2.75) is 19.6 Å². The number of aromatic amines is 1. The van der Waals surface area contributed by atoms with E-state index in [2.05, 4.69) is 15.2 Å². The summed E-state index contributed by atoms with van der Waals surface area (Å²) in [5.41, 5.74) is 0.658. The standard InChI is InChI=1S/C9H12N4O/c1-2-13-6-5-10-9(13)8(14)7-3-4-11-12-7/h3-6,8,14H,2H2,1H3,(H,11,12). The molecule has 2 rings (SSSR count). The maximum Gasteiger partial charge on any atom is 0.153 e. The first-order valence-electron chi connectivity index (χ1n) is 4.51. The molecule has 1 unspecified atom stereocenters. The first-order chi connectivity index (χ1) is 6.83. The summed E-state index contributed by atoms with van der Waals surface area (Å²) in [6.45, 7) is 2.80. The van der Waals surface area contributed by atoms with E-state index >= 15 is 0 Å². The van der Waals surface area contributed by atoms with E-state index in [1.807, 2.05) is 17.7 Å². The van der Waals surface area contributed by atoms with Crippen molar-refractivity contribution in [3.63, 3.8) is 0 Å². The number of H-pyrrole nitrogens is 1. The molecule has 0 aliphatic heterocycles. The van der Waals surface area contributed by atoms with E-state index in [0.717, 1.165) is 6.54 Å². The van der Waals surface area contributed by atoms with E-state index in [0.29, 0.717) is 11.5 Å². The number of nitrogens with one attached hydrogen (secondary N) is 1. The van der Waals surface area contributed by atoms with Gasteiger partial charge in [0.25, 0.3) is 0 Å². The van der Waals surface area contributed by atoms with Crippen LogP contribution in [-0.4, -0.2) is 24.9 Å². The fourth-order valence-corrected chi connectivity index (χ4v) is 1.39. The molecular formula is C9H12N4O. The Morgan fingerprint density at radius 1 is 1.57 bits per heavy atom. The average molecular weight is 192 g/mol. The third-order valence-electron chi connectivity index (χ3n) is 2.15. The number of aliphatic hydroxyl groups excluding tert-OH is 1. The molecule has 74 valence electrons. The van der Waals surface area contributed by atoms with Crippen LogP contribution in [0.5, 0.6) is 0 Å². The molecule has 0 aliphatic carbocycles. The van der Waals surface area contributed by atoms with E-state index < -0.39 is 6.10 Å². The number of hydrogen-bond donors (Lipinski definition) is 2. The Morgan fingerprint density at radius 3 is 3.07 bits per heavy atom. The molecule has 0 aliphatic rings. The van der Waals surface area contributed by atoms with Crippen LogP contribution >= 0.6 is 0 Å². The molecule has 2 aromatic heterocycles. The van der Waals surface area contributed by atoms with Crippen molar-refractivity contribution in [1.82, 2.24) is 19.7 Å². The van der Waals surface area contributed by atoms with Crippen molar-refractivity contribution in [3.05, 3.63) is 36.2 Å². The van der Waals surface area contributed by atoms with Gasteiger partial charge in [0, 0.05) is 25.1 Å². The van der Waals surface area contributed by atoms with Gasteiger partial charge in [-0.05, 0) is 13.0 Å². The van der Waals surface area contributed by atoms with Crippen molar-refractivity contribution in [1.29, 1.82) is 0 Å². The minimum atomic E-state index is -0.729. The van der Waals surface area contributed by atoms with E-state index in [1.165, 1.54) is 0 Å². The van der Waals surface area contributed by atoms with Gasteiger partial charge in [0.1, 0.15) is 5.82 Å². The van der Waals surface area contributed by atoms with Crippen molar-refractivity contribution in [3.8, 4) is 0 Å². The highest BCUT2D eigenvalue weighted by atomic mass is 16.3. The van der Waals surface area contributed by atoms with Crippen LogP contribution in [0.4, 0.5) is 0 Å². The average Bonchev–Trinajstić information content (AvgIpc) is 2.87. The number of aryl methyl sites for hydroxylation is 1. The van der Waals surface area contributed by atoms with Crippen LogP contribution < -0.4 is 0 Å². The SMILES string of the molecule is CCn1ccnc1C(O)c1ccn[nH]1. The van der Waals surface area contributed by atoms with Crippen molar-refractivity contribution < 1.29 is 5.11 Å². The Bertz CT molecular complexity index is 393. The summed E-state index contributed by atoms with van der Waals surface area (Å²) < 4.78 is 1.89. The first kappa shape index (κ1) is 8.96. The van der Waals surface area contributed by atoms with E-state index in [9.17, 15) is 5.11 Å². The number of nitrogens with zero attached hydrogens (tertiary/aromatic N) is 3. The van der Waals surface area contributed by atoms with Gasteiger partial charge in [-0.3, -0.25) is 5.10 Å². The fourth-order valence-electron chi connectivity index (χ4n) is 1.39. The van der Waals surface area contributed by atoms with Gasteiger partial charge in [-0.1, -0.05) is 0 Å². The number of imidazole rings is 1. The molecule has 5 heteroatoms. The summed E-state index contributed by atoms with van der Waals surface area (Å²) in [5, 5.41) is 16.4. The smallest absolute Gasteiger partial charge is 0.153 e. The van der Waals surface area contributed by atoms with Gasteiger partial charge in [0.05, 0.1) is 5.69 Å². The van der Waals surface area contributed by atoms with Crippen LogP contribution in [0.15, 0.2) is 24.7 Å². The van der Waals surface area contributed by atoms with Gasteiger partial charge in [-0.15, -0.1) is 0 Å². The molecule has 0 radical (unpaired) electrons. The van der Waals surface area contributed by atoms with Gasteiger partial charge in [-0.25, -0.2) is 4.98 Å². The Morgan fingerprint density at radius 2 is 2.43 bits per heavy atom. The molecular weight excluding hydrogens is 180 g/mol. The molecule has 0 aromatic carbocycles. The van der Waals surface area contributed by atoms with Crippen LogP contribution in [0, 0.1) is 0 Å². The topological polar surface area (TPSA) is 66.7 Å². The third kappa shape index (κ3) is 1.42. The molecule has 5 nitrogen and oxygen atoms in total. The van der Waals surface area contributed by atoms with Gasteiger partial charge in [0.15, 0.2) is 6.10 Å². The first-order valence-corrected chi connectivity index (χ1v) is 4.51. The van der Waals surface area contributed by atoms with Gasteiger partial charge >= 0.3 is 0 Å². The van der Waals surface area contributed by atoms with Crippen LogP contribution in [0.2, 0.25) is 0 Å². The second kappa shape index (κ2) is 3.63. The second-order valence-electron chi connectivity index (χ2n) is 2.99. The second-order valence-corrected chi connectivity index (χ2v) is 2.99. The molecule has 2 N–H and O–H groups in total. The third-order valence-corrected chi connectivity index (χ3v) is 2.15. The molecule has 1 atom stereocenters. The zero-order valence-electron chi connectivity index (χ0n) is 7.88. The molecule has 0 saturated carbocycles. The Balaban J connectivity index is 2.31. The minimum Gasteiger partial charge on any atom is -0.379 e. The van der Waals surface area contributed by atoms with Crippen molar-refractivity contribution >= 4 is 0 Å². The Hall–Kier alpha value is -1.62. The normalized spacial score (nSPS) is 13.0. The lowest BCUT2D eigenvalue weighted by molar-refractivity contribution is 0.200. The highest BCUT2D eigenvalue weighted by Crippen LogP contribution is 2.17. The van der Waals surface area contributed by atoms with Crippen molar-refractivity contribution in [2.75, 3.05) is 0 Å². The zero-order chi connectivity index (χ0) is 9.97. The maximum absolute atomic E-state index is 9.93. The molecule has 0 saturated heterocycles. The molecule has 0 bridgehead atoms. The minimum absolute atomic E-state index is 0.636.